The standard InChI is InChI=1S/C32H28N2Si/c1-19(2)15-20-9-10-21-11-12-23-24-13-14-33-31-27-17-22-7-5-6-8-28(22)34-32(27)35(3,4)29(30(24)31)18-26(23)25(21)16-20/h5-14,16-19H,15H2,1-4H3. The third-order valence-electron chi connectivity index (χ3n) is 7.82. The van der Waals surface area contributed by atoms with E-state index in [1.807, 2.05) is 6.20 Å². The number of para-hydroxylation sites is 1. The van der Waals surface area contributed by atoms with Gasteiger partial charge in [0.05, 0.1) is 11.2 Å². The maximum Gasteiger partial charge on any atom is 0.137 e. The van der Waals surface area contributed by atoms with E-state index in [1.165, 1.54) is 59.3 Å². The van der Waals surface area contributed by atoms with Crippen LogP contribution in [0.2, 0.25) is 13.1 Å². The lowest BCUT2D eigenvalue weighted by Crippen LogP contribution is -2.57. The largest absolute Gasteiger partial charge is 0.257 e. The third-order valence-corrected chi connectivity index (χ3v) is 11.1. The van der Waals surface area contributed by atoms with E-state index in [1.54, 1.807) is 0 Å². The van der Waals surface area contributed by atoms with Gasteiger partial charge in [-0.05, 0) is 68.2 Å². The van der Waals surface area contributed by atoms with Crippen LogP contribution in [0.25, 0.3) is 54.5 Å². The topological polar surface area (TPSA) is 25.8 Å². The fourth-order valence-electron chi connectivity index (χ4n) is 6.15. The minimum absolute atomic E-state index is 0.641. The summed E-state index contributed by atoms with van der Waals surface area (Å²) in [4.78, 5) is 10.2. The lowest BCUT2D eigenvalue weighted by atomic mass is 9.93. The Morgan fingerprint density at radius 1 is 0.771 bits per heavy atom. The monoisotopic (exact) mass is 468 g/mol. The van der Waals surface area contributed by atoms with E-state index in [0.29, 0.717) is 5.92 Å². The molecule has 7 rings (SSSR count). The lowest BCUT2D eigenvalue weighted by molar-refractivity contribution is 0.648. The molecule has 3 heterocycles. The van der Waals surface area contributed by atoms with Crippen molar-refractivity contribution in [3.8, 4) is 11.3 Å². The molecular weight excluding hydrogens is 440 g/mol. The smallest absolute Gasteiger partial charge is 0.137 e. The van der Waals surface area contributed by atoms with Crippen LogP contribution < -0.4 is 10.5 Å². The van der Waals surface area contributed by atoms with E-state index >= 15 is 0 Å². The molecule has 0 aliphatic carbocycles. The number of aromatic nitrogens is 2. The Labute approximate surface area is 206 Å². The van der Waals surface area contributed by atoms with Crippen molar-refractivity contribution >= 4 is 61.8 Å². The van der Waals surface area contributed by atoms with Crippen LogP contribution in [-0.4, -0.2) is 18.0 Å². The molecule has 2 aromatic heterocycles. The molecule has 3 heteroatoms. The van der Waals surface area contributed by atoms with Gasteiger partial charge in [-0.2, -0.15) is 0 Å². The molecule has 0 atom stereocenters. The summed E-state index contributed by atoms with van der Waals surface area (Å²) in [6.07, 6.45) is 3.09. The first-order valence-corrected chi connectivity index (χ1v) is 15.6. The van der Waals surface area contributed by atoms with Gasteiger partial charge in [0, 0.05) is 27.8 Å². The fourth-order valence-corrected chi connectivity index (χ4v) is 9.05. The Balaban J connectivity index is 1.63. The van der Waals surface area contributed by atoms with Gasteiger partial charge in [-0.15, -0.1) is 0 Å². The highest BCUT2D eigenvalue weighted by molar-refractivity contribution is 7.03. The summed E-state index contributed by atoms with van der Waals surface area (Å²) in [5, 5.41) is 11.9. The highest BCUT2D eigenvalue weighted by Gasteiger charge is 2.38. The second kappa shape index (κ2) is 7.22. The molecule has 6 aromatic rings. The zero-order chi connectivity index (χ0) is 23.9. The first kappa shape index (κ1) is 20.8. The molecule has 170 valence electrons. The number of nitrogens with zero attached hydrogens (tertiary/aromatic N) is 2. The molecule has 0 radical (unpaired) electrons. The van der Waals surface area contributed by atoms with Crippen LogP contribution >= 0.6 is 0 Å². The van der Waals surface area contributed by atoms with Crippen LogP contribution in [0.3, 0.4) is 0 Å². The quantitative estimate of drug-likeness (QED) is 0.200. The summed E-state index contributed by atoms with van der Waals surface area (Å²) in [5.74, 6) is 0.641. The molecule has 0 saturated carbocycles. The van der Waals surface area contributed by atoms with Crippen LogP contribution in [0.15, 0.2) is 79.0 Å². The second-order valence-electron chi connectivity index (χ2n) is 11.0. The van der Waals surface area contributed by atoms with Crippen molar-refractivity contribution in [1.29, 1.82) is 0 Å². The van der Waals surface area contributed by atoms with Crippen molar-refractivity contribution in [1.82, 2.24) is 9.97 Å². The Kier molecular flexibility index (Phi) is 4.29. The van der Waals surface area contributed by atoms with Crippen LogP contribution in [0.4, 0.5) is 0 Å². The summed E-state index contributed by atoms with van der Waals surface area (Å²) < 4.78 is 0. The average molecular weight is 469 g/mol. The summed E-state index contributed by atoms with van der Waals surface area (Å²) >= 11 is 0. The van der Waals surface area contributed by atoms with E-state index < -0.39 is 8.07 Å². The van der Waals surface area contributed by atoms with Gasteiger partial charge in [0.15, 0.2) is 0 Å². The molecule has 4 aromatic carbocycles. The number of fused-ring (bicyclic) bond motifs is 7. The maximum atomic E-state index is 5.27. The van der Waals surface area contributed by atoms with Gasteiger partial charge >= 0.3 is 0 Å². The van der Waals surface area contributed by atoms with Gasteiger partial charge in [0.1, 0.15) is 8.07 Å². The highest BCUT2D eigenvalue weighted by Crippen LogP contribution is 2.38. The number of pyridine rings is 2. The first-order chi connectivity index (χ1) is 16.9. The Bertz CT molecular complexity index is 1830. The molecule has 2 nitrogen and oxygen atoms in total. The molecule has 0 fully saturated rings. The van der Waals surface area contributed by atoms with Gasteiger partial charge in [-0.1, -0.05) is 81.5 Å². The second-order valence-corrected chi connectivity index (χ2v) is 15.3. The first-order valence-electron chi connectivity index (χ1n) is 12.6. The fraction of sp³-hybridized carbons (Fsp3) is 0.188. The minimum Gasteiger partial charge on any atom is -0.257 e. The molecule has 0 amide bonds. The molecule has 1 aliphatic heterocycles. The van der Waals surface area contributed by atoms with E-state index in [9.17, 15) is 0 Å². The summed E-state index contributed by atoms with van der Waals surface area (Å²) in [7, 11) is -2.07. The summed E-state index contributed by atoms with van der Waals surface area (Å²) in [5.41, 5.74) is 4.80. The number of rotatable bonds is 2. The Morgan fingerprint density at radius 2 is 1.60 bits per heavy atom. The predicted octanol–water partition coefficient (Wildman–Crippen LogP) is 7.09. The van der Waals surface area contributed by atoms with E-state index in [-0.39, 0.29) is 0 Å². The SMILES string of the molecule is CC(C)Cc1ccc2ccc3c4ccnc5c4c(cc3c2c1)[Si](C)(C)c1nc2ccccc2cc1-5. The van der Waals surface area contributed by atoms with Crippen molar-refractivity contribution in [2.24, 2.45) is 5.92 Å². The van der Waals surface area contributed by atoms with E-state index in [0.717, 1.165) is 17.6 Å². The molecule has 0 unspecified atom stereocenters. The average Bonchev–Trinajstić information content (AvgIpc) is 2.85. The number of benzene rings is 4. The zero-order valence-corrected chi connectivity index (χ0v) is 21.7. The van der Waals surface area contributed by atoms with Crippen LogP contribution in [0.1, 0.15) is 19.4 Å². The predicted molar refractivity (Wildman–Crippen MR) is 153 cm³/mol. The van der Waals surface area contributed by atoms with Gasteiger partial charge in [-0.25, -0.2) is 0 Å². The van der Waals surface area contributed by atoms with Crippen molar-refractivity contribution in [3.63, 3.8) is 0 Å². The maximum absolute atomic E-state index is 5.27. The van der Waals surface area contributed by atoms with E-state index in [4.69, 9.17) is 9.97 Å². The van der Waals surface area contributed by atoms with Crippen molar-refractivity contribution in [2.45, 2.75) is 33.4 Å². The van der Waals surface area contributed by atoms with Crippen molar-refractivity contribution in [2.75, 3.05) is 0 Å². The normalized spacial score (nSPS) is 14.3. The lowest BCUT2D eigenvalue weighted by Gasteiger charge is -2.32. The van der Waals surface area contributed by atoms with Crippen LogP contribution in [-0.2, 0) is 6.42 Å². The van der Waals surface area contributed by atoms with Crippen molar-refractivity contribution in [3.05, 3.63) is 84.6 Å². The summed E-state index contributed by atoms with van der Waals surface area (Å²) in [6, 6.07) is 27.1. The molecule has 1 aliphatic rings. The third kappa shape index (κ3) is 2.94. The highest BCUT2D eigenvalue weighted by atomic mass is 28.3. The van der Waals surface area contributed by atoms with Crippen molar-refractivity contribution < 1.29 is 0 Å². The number of hydrogen-bond acceptors (Lipinski definition) is 2. The Hall–Kier alpha value is -3.56. The van der Waals surface area contributed by atoms with E-state index in [2.05, 4.69) is 99.7 Å². The minimum atomic E-state index is -2.07. The van der Waals surface area contributed by atoms with Crippen LogP contribution in [0.5, 0.6) is 0 Å². The molecule has 0 spiro atoms. The molecular formula is C32H28N2Si. The zero-order valence-electron chi connectivity index (χ0n) is 20.7. The molecule has 35 heavy (non-hydrogen) atoms. The van der Waals surface area contributed by atoms with Gasteiger partial charge < -0.3 is 0 Å². The van der Waals surface area contributed by atoms with Gasteiger partial charge in [0.2, 0.25) is 0 Å². The van der Waals surface area contributed by atoms with Crippen LogP contribution in [0, 0.1) is 5.92 Å². The molecule has 0 bridgehead atoms. The number of hydrogen-bond donors (Lipinski definition) is 0. The molecule has 0 saturated heterocycles. The molecule has 0 N–H and O–H groups in total. The van der Waals surface area contributed by atoms with Gasteiger partial charge in [-0.3, -0.25) is 9.97 Å². The van der Waals surface area contributed by atoms with Gasteiger partial charge in [0.25, 0.3) is 0 Å². The summed E-state index contributed by atoms with van der Waals surface area (Å²) in [6.45, 7) is 9.50. The Morgan fingerprint density at radius 3 is 2.46 bits per heavy atom.